The lowest BCUT2D eigenvalue weighted by atomic mass is 10.1. The molecule has 2 bridgehead atoms. The number of fused-ring (bicyclic) bond motifs is 2. The Hall–Kier alpha value is -1.43. The summed E-state index contributed by atoms with van der Waals surface area (Å²) in [7, 11) is 0. The molecule has 1 aliphatic heterocycles. The number of nitro groups is 1. The Kier molecular flexibility index (Phi) is 2.62. The maximum absolute atomic E-state index is 11.2. The fourth-order valence-corrected chi connectivity index (χ4v) is 3.32. The van der Waals surface area contributed by atoms with Gasteiger partial charge in [-0.3, -0.25) is 10.1 Å². The van der Waals surface area contributed by atoms with Crippen LogP contribution in [0.2, 0.25) is 5.28 Å². The minimum absolute atomic E-state index is 0.00745. The van der Waals surface area contributed by atoms with E-state index in [0.717, 1.165) is 19.4 Å². The third-order valence-electron chi connectivity index (χ3n) is 3.88. The number of anilines is 1. The van der Waals surface area contributed by atoms with Crippen LogP contribution in [0.4, 0.5) is 11.5 Å². The Labute approximate surface area is 109 Å². The lowest BCUT2D eigenvalue weighted by Crippen LogP contribution is -2.33. The highest BCUT2D eigenvalue weighted by Gasteiger charge is 2.41. The van der Waals surface area contributed by atoms with Crippen molar-refractivity contribution in [1.29, 1.82) is 0 Å². The third-order valence-corrected chi connectivity index (χ3v) is 4.05. The second kappa shape index (κ2) is 4.05. The van der Waals surface area contributed by atoms with Crippen LogP contribution in [0.5, 0.6) is 0 Å². The zero-order valence-corrected chi connectivity index (χ0v) is 10.7. The summed E-state index contributed by atoms with van der Waals surface area (Å²) in [5.41, 5.74) is 0.324. The van der Waals surface area contributed by atoms with Gasteiger partial charge < -0.3 is 4.90 Å². The molecule has 2 fully saturated rings. The minimum Gasteiger partial charge on any atom is -0.347 e. The molecule has 1 saturated heterocycles. The number of nitrogens with zero attached hydrogens (tertiary/aromatic N) is 4. The van der Waals surface area contributed by atoms with Gasteiger partial charge in [0.25, 0.3) is 0 Å². The van der Waals surface area contributed by atoms with Crippen LogP contribution in [0.15, 0.2) is 0 Å². The van der Waals surface area contributed by atoms with Gasteiger partial charge in [0.1, 0.15) is 5.69 Å². The van der Waals surface area contributed by atoms with E-state index in [1.807, 2.05) is 4.90 Å². The molecule has 0 N–H and O–H groups in total. The van der Waals surface area contributed by atoms with Gasteiger partial charge in [0.15, 0.2) is 0 Å². The van der Waals surface area contributed by atoms with Crippen molar-refractivity contribution in [2.75, 3.05) is 11.4 Å². The van der Waals surface area contributed by atoms with Gasteiger partial charge in [-0.15, -0.1) is 0 Å². The van der Waals surface area contributed by atoms with Crippen LogP contribution < -0.4 is 4.90 Å². The van der Waals surface area contributed by atoms with Crippen LogP contribution in [0, 0.1) is 23.0 Å². The average molecular weight is 269 g/mol. The van der Waals surface area contributed by atoms with Gasteiger partial charge in [-0.1, -0.05) is 0 Å². The number of halogens is 1. The van der Waals surface area contributed by atoms with E-state index in [-0.39, 0.29) is 11.0 Å². The SMILES string of the molecule is Cc1nc(Cl)nc(N2CC3CCC2C3)c1[N+](=O)[O-]. The van der Waals surface area contributed by atoms with E-state index in [1.54, 1.807) is 6.92 Å². The molecule has 1 aromatic rings. The molecule has 1 aliphatic carbocycles. The molecule has 0 aromatic carbocycles. The van der Waals surface area contributed by atoms with Crippen LogP contribution in [0.1, 0.15) is 25.0 Å². The fraction of sp³-hybridized carbons (Fsp3) is 0.636. The monoisotopic (exact) mass is 268 g/mol. The maximum atomic E-state index is 11.2. The molecule has 7 heteroatoms. The lowest BCUT2D eigenvalue weighted by molar-refractivity contribution is -0.385. The van der Waals surface area contributed by atoms with Gasteiger partial charge in [-0.05, 0) is 43.7 Å². The zero-order chi connectivity index (χ0) is 12.9. The summed E-state index contributed by atoms with van der Waals surface area (Å²) < 4.78 is 0. The maximum Gasteiger partial charge on any atom is 0.332 e. The molecule has 6 nitrogen and oxygen atoms in total. The Bertz CT molecular complexity index is 522. The van der Waals surface area contributed by atoms with Gasteiger partial charge in [-0.25, -0.2) is 4.98 Å². The van der Waals surface area contributed by atoms with Gasteiger partial charge >= 0.3 is 5.69 Å². The first-order chi connectivity index (χ1) is 8.56. The normalized spacial score (nSPS) is 25.8. The molecular formula is C11H13ClN4O2. The predicted octanol–water partition coefficient (Wildman–Crippen LogP) is 2.34. The Morgan fingerprint density at radius 3 is 2.78 bits per heavy atom. The quantitative estimate of drug-likeness (QED) is 0.468. The molecule has 1 saturated carbocycles. The van der Waals surface area contributed by atoms with E-state index < -0.39 is 4.92 Å². The van der Waals surface area contributed by atoms with Crippen LogP contribution in [0.3, 0.4) is 0 Å². The molecule has 2 atom stereocenters. The first-order valence-electron chi connectivity index (χ1n) is 6.01. The summed E-state index contributed by atoms with van der Waals surface area (Å²) in [5.74, 6) is 1.04. The molecule has 2 unspecified atom stereocenters. The van der Waals surface area contributed by atoms with E-state index in [9.17, 15) is 10.1 Å². The van der Waals surface area contributed by atoms with E-state index in [2.05, 4.69) is 9.97 Å². The van der Waals surface area contributed by atoms with E-state index in [4.69, 9.17) is 11.6 Å². The van der Waals surface area contributed by atoms with Crippen molar-refractivity contribution in [2.45, 2.75) is 32.2 Å². The van der Waals surface area contributed by atoms with E-state index in [1.165, 1.54) is 6.42 Å². The summed E-state index contributed by atoms with van der Waals surface area (Å²) in [4.78, 5) is 20.8. The second-order valence-corrected chi connectivity index (χ2v) is 5.33. The van der Waals surface area contributed by atoms with Crippen molar-refractivity contribution in [3.63, 3.8) is 0 Å². The Morgan fingerprint density at radius 1 is 1.44 bits per heavy atom. The Balaban J connectivity index is 2.08. The molecule has 96 valence electrons. The standard InChI is InChI=1S/C11H13ClN4O2/c1-6-9(16(17)18)10(14-11(12)13-6)15-5-7-2-3-8(15)4-7/h7-8H,2-5H2,1H3. The second-order valence-electron chi connectivity index (χ2n) is 4.99. The van der Waals surface area contributed by atoms with Crippen molar-refractivity contribution in [3.8, 4) is 0 Å². The first-order valence-corrected chi connectivity index (χ1v) is 6.39. The molecule has 0 radical (unpaired) electrons. The van der Waals surface area contributed by atoms with Crippen LogP contribution in [0.25, 0.3) is 0 Å². The number of aryl methyl sites for hydroxylation is 1. The topological polar surface area (TPSA) is 72.2 Å². The highest BCUT2D eigenvalue weighted by Crippen LogP contribution is 2.42. The highest BCUT2D eigenvalue weighted by atomic mass is 35.5. The summed E-state index contributed by atoms with van der Waals surface area (Å²) in [6.45, 7) is 2.45. The third kappa shape index (κ3) is 1.71. The number of hydrogen-bond acceptors (Lipinski definition) is 5. The first kappa shape index (κ1) is 11.6. The molecule has 2 heterocycles. The fourth-order valence-electron chi connectivity index (χ4n) is 3.12. The van der Waals surface area contributed by atoms with Gasteiger partial charge in [-0.2, -0.15) is 4.98 Å². The summed E-state index contributed by atoms with van der Waals surface area (Å²) in [5, 5.41) is 11.3. The van der Waals surface area contributed by atoms with Crippen molar-refractivity contribution < 1.29 is 4.92 Å². The minimum atomic E-state index is -0.410. The van der Waals surface area contributed by atoms with Crippen LogP contribution in [-0.2, 0) is 0 Å². The average Bonchev–Trinajstić information content (AvgIpc) is 2.88. The van der Waals surface area contributed by atoms with Crippen LogP contribution in [-0.4, -0.2) is 27.5 Å². The Morgan fingerprint density at radius 2 is 2.22 bits per heavy atom. The largest absolute Gasteiger partial charge is 0.347 e. The molecule has 0 amide bonds. The van der Waals surface area contributed by atoms with Gasteiger partial charge in [0.2, 0.25) is 11.1 Å². The number of aromatic nitrogens is 2. The van der Waals surface area contributed by atoms with E-state index in [0.29, 0.717) is 23.5 Å². The molecule has 3 rings (SSSR count). The van der Waals surface area contributed by atoms with Crippen molar-refractivity contribution >= 4 is 23.1 Å². The summed E-state index contributed by atoms with van der Waals surface area (Å²) in [6.07, 6.45) is 3.41. The number of rotatable bonds is 2. The number of hydrogen-bond donors (Lipinski definition) is 0. The van der Waals surface area contributed by atoms with Crippen LogP contribution >= 0.6 is 11.6 Å². The molecular weight excluding hydrogens is 256 g/mol. The molecule has 1 aromatic heterocycles. The zero-order valence-electron chi connectivity index (χ0n) is 9.97. The smallest absolute Gasteiger partial charge is 0.332 e. The van der Waals surface area contributed by atoms with Gasteiger partial charge in [0.05, 0.1) is 4.92 Å². The highest BCUT2D eigenvalue weighted by molar-refractivity contribution is 6.28. The lowest BCUT2D eigenvalue weighted by Gasteiger charge is -2.27. The van der Waals surface area contributed by atoms with E-state index >= 15 is 0 Å². The molecule has 18 heavy (non-hydrogen) atoms. The molecule has 0 spiro atoms. The van der Waals surface area contributed by atoms with Gasteiger partial charge in [0, 0.05) is 12.6 Å². The summed E-state index contributed by atoms with van der Waals surface area (Å²) in [6, 6.07) is 0.374. The van der Waals surface area contributed by atoms with Crippen molar-refractivity contribution in [1.82, 2.24) is 9.97 Å². The van der Waals surface area contributed by atoms with Crippen molar-refractivity contribution in [2.24, 2.45) is 5.92 Å². The predicted molar refractivity (Wildman–Crippen MR) is 66.9 cm³/mol. The molecule has 2 aliphatic rings. The van der Waals surface area contributed by atoms with Crippen molar-refractivity contribution in [3.05, 3.63) is 21.1 Å². The summed E-state index contributed by atoms with van der Waals surface area (Å²) >= 11 is 5.84. The number of piperidine rings is 1.